The molecule has 0 bridgehead atoms. The van der Waals surface area contributed by atoms with Gasteiger partial charge in [-0.25, -0.2) is 4.79 Å². The molecule has 7 heteroatoms. The summed E-state index contributed by atoms with van der Waals surface area (Å²) < 4.78 is 11.5. The molecule has 1 aromatic heterocycles. The van der Waals surface area contributed by atoms with Crippen LogP contribution in [0.4, 0.5) is 0 Å². The molecule has 1 N–H and O–H groups in total. The maximum Gasteiger partial charge on any atom is 0.349 e. The lowest BCUT2D eigenvalue weighted by molar-refractivity contribution is -0.114. The maximum atomic E-state index is 13.1. The molecule has 6 nitrogen and oxygen atoms in total. The number of carbonyl (C=O) groups excluding carboxylic acids is 1. The van der Waals surface area contributed by atoms with Gasteiger partial charge in [-0.2, -0.15) is 0 Å². The fourth-order valence-electron chi connectivity index (χ4n) is 4.07. The minimum Gasteiger partial charge on any atom is -0.427 e. The number of ether oxygens (including phenoxy) is 1. The lowest BCUT2D eigenvalue weighted by atomic mass is 9.90. The first-order chi connectivity index (χ1) is 12.5. The molecule has 2 aliphatic rings. The third-order valence-corrected chi connectivity index (χ3v) is 5.64. The van der Waals surface area contributed by atoms with E-state index in [-0.39, 0.29) is 35.4 Å². The van der Waals surface area contributed by atoms with Crippen molar-refractivity contribution in [2.45, 2.75) is 58.0 Å². The number of piperidine rings is 1. The van der Waals surface area contributed by atoms with E-state index in [1.165, 1.54) is 0 Å². The van der Waals surface area contributed by atoms with Crippen LogP contribution >= 0.6 is 12.4 Å². The van der Waals surface area contributed by atoms with Crippen LogP contribution in [0.2, 0.25) is 0 Å². The first-order valence-electron chi connectivity index (χ1n) is 9.74. The fourth-order valence-corrected chi connectivity index (χ4v) is 4.07. The number of nitrogens with one attached hydrogen (secondary N) is 1. The fraction of sp³-hybridized carbons (Fsp3) is 0.700. The van der Waals surface area contributed by atoms with Crippen molar-refractivity contribution in [1.29, 1.82) is 0 Å². The van der Waals surface area contributed by atoms with Gasteiger partial charge in [-0.1, -0.05) is 20.3 Å². The maximum absolute atomic E-state index is 13.1. The molecule has 1 amide bonds. The Balaban J connectivity index is 0.00000261. The number of carbonyl (C=O) groups is 1. The van der Waals surface area contributed by atoms with Gasteiger partial charge in [0.25, 0.3) is 5.91 Å². The van der Waals surface area contributed by atoms with E-state index in [4.69, 9.17) is 9.15 Å². The zero-order chi connectivity index (χ0) is 18.7. The largest absolute Gasteiger partial charge is 0.427 e. The predicted molar refractivity (Wildman–Crippen MR) is 107 cm³/mol. The van der Waals surface area contributed by atoms with Crippen LogP contribution in [0.5, 0.6) is 0 Å². The summed E-state index contributed by atoms with van der Waals surface area (Å²) in [5.41, 5.74) is 0.0836. The van der Waals surface area contributed by atoms with E-state index in [2.05, 4.69) is 12.2 Å². The number of aryl methyl sites for hydroxylation is 1. The number of rotatable bonds is 4. The highest BCUT2D eigenvalue weighted by atomic mass is 35.5. The average molecular weight is 399 g/mol. The smallest absolute Gasteiger partial charge is 0.349 e. The van der Waals surface area contributed by atoms with E-state index in [9.17, 15) is 9.59 Å². The quantitative estimate of drug-likeness (QED) is 0.844. The van der Waals surface area contributed by atoms with Crippen molar-refractivity contribution in [2.24, 2.45) is 0 Å². The molecule has 0 radical (unpaired) electrons. The summed E-state index contributed by atoms with van der Waals surface area (Å²) in [4.78, 5) is 27.4. The summed E-state index contributed by atoms with van der Waals surface area (Å²) >= 11 is 0. The van der Waals surface area contributed by atoms with E-state index in [1.54, 1.807) is 4.90 Å². The molecular formula is C20H31ClN2O4. The van der Waals surface area contributed by atoms with Crippen molar-refractivity contribution in [3.8, 4) is 0 Å². The van der Waals surface area contributed by atoms with Gasteiger partial charge in [0.15, 0.2) is 0 Å². The number of halogens is 1. The zero-order valence-electron chi connectivity index (χ0n) is 16.5. The molecule has 3 rings (SSSR count). The average Bonchev–Trinajstić information content (AvgIpc) is 2.62. The molecular weight excluding hydrogens is 368 g/mol. The monoisotopic (exact) mass is 398 g/mol. The topological polar surface area (TPSA) is 71.8 Å². The third-order valence-electron chi connectivity index (χ3n) is 5.64. The van der Waals surface area contributed by atoms with Crippen LogP contribution in [0.25, 0.3) is 0 Å². The Kier molecular flexibility index (Phi) is 7.48. The molecule has 0 saturated carbocycles. The van der Waals surface area contributed by atoms with Crippen LogP contribution < -0.4 is 10.9 Å². The van der Waals surface area contributed by atoms with E-state index >= 15 is 0 Å². The summed E-state index contributed by atoms with van der Waals surface area (Å²) in [6.45, 7) is 9.34. The number of hydrogen-bond acceptors (Lipinski definition) is 5. The molecule has 2 aliphatic heterocycles. The van der Waals surface area contributed by atoms with Crippen molar-refractivity contribution in [3.05, 3.63) is 33.4 Å². The molecule has 2 saturated heterocycles. The van der Waals surface area contributed by atoms with E-state index in [0.29, 0.717) is 31.0 Å². The summed E-state index contributed by atoms with van der Waals surface area (Å²) in [5, 5.41) is 3.33. The highest BCUT2D eigenvalue weighted by Crippen LogP contribution is 2.28. The van der Waals surface area contributed by atoms with E-state index in [0.717, 1.165) is 38.8 Å². The first-order valence-corrected chi connectivity index (χ1v) is 9.74. The molecule has 27 heavy (non-hydrogen) atoms. The lowest BCUT2D eigenvalue weighted by Crippen LogP contribution is -2.57. The predicted octanol–water partition coefficient (Wildman–Crippen LogP) is 2.87. The number of morpholine rings is 1. The van der Waals surface area contributed by atoms with Gasteiger partial charge in [0.05, 0.1) is 18.8 Å². The molecule has 152 valence electrons. The molecule has 2 fully saturated rings. The molecule has 0 aliphatic carbocycles. The van der Waals surface area contributed by atoms with Gasteiger partial charge in [0.2, 0.25) is 0 Å². The van der Waals surface area contributed by atoms with Gasteiger partial charge >= 0.3 is 5.63 Å². The van der Waals surface area contributed by atoms with Crippen LogP contribution in [0.1, 0.15) is 67.1 Å². The summed E-state index contributed by atoms with van der Waals surface area (Å²) in [6, 6.07) is 1.86. The number of hydrogen-bond donors (Lipinski definition) is 1. The second kappa shape index (κ2) is 9.22. The normalized spacial score (nSPS) is 20.2. The highest BCUT2D eigenvalue weighted by molar-refractivity contribution is 5.95. The van der Waals surface area contributed by atoms with Crippen molar-refractivity contribution in [2.75, 3.05) is 32.8 Å². The second-order valence-corrected chi connectivity index (χ2v) is 7.69. The SMILES string of the molecule is CCCC(C)c1cc(C)c(C(=O)N2CCOC3(CCNCC3)C2)c(=O)o1.Cl. The summed E-state index contributed by atoms with van der Waals surface area (Å²) in [6.07, 6.45) is 3.75. The minimum atomic E-state index is -0.515. The first kappa shape index (κ1) is 21.9. The van der Waals surface area contributed by atoms with Crippen LogP contribution in [0.15, 0.2) is 15.3 Å². The Morgan fingerprint density at radius 1 is 1.37 bits per heavy atom. The molecule has 1 spiro atoms. The molecule has 1 aromatic rings. The Morgan fingerprint density at radius 3 is 2.70 bits per heavy atom. The highest BCUT2D eigenvalue weighted by Gasteiger charge is 2.40. The Bertz CT molecular complexity index is 707. The third kappa shape index (κ3) is 4.73. The Morgan fingerprint density at radius 2 is 2.07 bits per heavy atom. The van der Waals surface area contributed by atoms with Crippen molar-refractivity contribution >= 4 is 18.3 Å². The van der Waals surface area contributed by atoms with Crippen LogP contribution in [0, 0.1) is 6.92 Å². The van der Waals surface area contributed by atoms with Gasteiger partial charge in [-0.15, -0.1) is 12.4 Å². The van der Waals surface area contributed by atoms with Gasteiger partial charge in [-0.3, -0.25) is 4.79 Å². The lowest BCUT2D eigenvalue weighted by Gasteiger charge is -2.45. The van der Waals surface area contributed by atoms with Crippen molar-refractivity contribution in [3.63, 3.8) is 0 Å². The van der Waals surface area contributed by atoms with Crippen LogP contribution in [-0.4, -0.2) is 49.2 Å². The zero-order valence-corrected chi connectivity index (χ0v) is 17.3. The van der Waals surface area contributed by atoms with E-state index < -0.39 is 5.63 Å². The van der Waals surface area contributed by atoms with Gasteiger partial charge in [0.1, 0.15) is 11.3 Å². The summed E-state index contributed by atoms with van der Waals surface area (Å²) in [7, 11) is 0. The van der Waals surface area contributed by atoms with Gasteiger partial charge in [0, 0.05) is 12.5 Å². The van der Waals surface area contributed by atoms with Crippen LogP contribution in [-0.2, 0) is 4.74 Å². The molecule has 3 heterocycles. The standard InChI is InChI=1S/C20H30N2O4.ClH/c1-4-5-14(2)16-12-15(3)17(19(24)26-16)18(23)22-10-11-25-20(13-22)6-8-21-9-7-20;/h12,14,21H,4-11,13H2,1-3H3;1H. The second-order valence-electron chi connectivity index (χ2n) is 7.69. The molecule has 1 atom stereocenters. The number of nitrogens with zero attached hydrogens (tertiary/aromatic N) is 1. The molecule has 1 unspecified atom stereocenters. The molecule has 0 aromatic carbocycles. The Labute approximate surface area is 167 Å². The van der Waals surface area contributed by atoms with E-state index in [1.807, 2.05) is 19.9 Å². The summed E-state index contributed by atoms with van der Waals surface area (Å²) in [5.74, 6) is 0.617. The Hall–Kier alpha value is -1.37. The van der Waals surface area contributed by atoms with Gasteiger partial charge < -0.3 is 19.4 Å². The van der Waals surface area contributed by atoms with Crippen molar-refractivity contribution < 1.29 is 13.9 Å². The minimum absolute atomic E-state index is 0. The number of amides is 1. The van der Waals surface area contributed by atoms with Gasteiger partial charge in [-0.05, 0) is 50.9 Å². The van der Waals surface area contributed by atoms with Crippen LogP contribution in [0.3, 0.4) is 0 Å². The van der Waals surface area contributed by atoms with Crippen molar-refractivity contribution in [1.82, 2.24) is 10.2 Å².